The van der Waals surface area contributed by atoms with Gasteiger partial charge in [-0.1, -0.05) is 35.2 Å². The van der Waals surface area contributed by atoms with Crippen molar-refractivity contribution in [2.24, 2.45) is 0 Å². The van der Waals surface area contributed by atoms with E-state index in [1.54, 1.807) is 47.9 Å². The molecule has 0 saturated carbocycles. The monoisotopic (exact) mass is 405 g/mol. The van der Waals surface area contributed by atoms with Crippen molar-refractivity contribution in [2.75, 3.05) is 19.8 Å². The van der Waals surface area contributed by atoms with E-state index in [4.69, 9.17) is 41.5 Å². The summed E-state index contributed by atoms with van der Waals surface area (Å²) in [6.07, 6.45) is 6.24. The molecule has 3 rings (SSSR count). The van der Waals surface area contributed by atoms with Gasteiger partial charge in [0.1, 0.15) is 14.0 Å². The second kappa shape index (κ2) is 8.91. The van der Waals surface area contributed by atoms with Gasteiger partial charge in [0.2, 0.25) is 5.79 Å². The summed E-state index contributed by atoms with van der Waals surface area (Å²) in [5.41, 5.74) is 0.596. The van der Waals surface area contributed by atoms with Crippen molar-refractivity contribution in [1.29, 1.82) is 0 Å². The molecular formula is C17H17Cl3N2O3. The summed E-state index contributed by atoms with van der Waals surface area (Å²) in [6.45, 7) is -1.89. The highest BCUT2D eigenvalue weighted by Gasteiger charge is 2.45. The van der Waals surface area contributed by atoms with E-state index in [2.05, 4.69) is 4.98 Å². The zero-order valence-electron chi connectivity index (χ0n) is 15.9. The fraction of sp³-hybridized carbons (Fsp3) is 0.353. The van der Waals surface area contributed by atoms with Gasteiger partial charge in [0.15, 0.2) is 0 Å². The fourth-order valence-electron chi connectivity index (χ4n) is 2.55. The second-order valence-electron chi connectivity index (χ2n) is 5.20. The molecule has 1 aliphatic rings. The van der Waals surface area contributed by atoms with Crippen LogP contribution in [0.3, 0.4) is 0 Å². The van der Waals surface area contributed by atoms with Crippen molar-refractivity contribution in [1.82, 2.24) is 9.55 Å². The Hall–Kier alpha value is -1.26. The van der Waals surface area contributed by atoms with Gasteiger partial charge in [0, 0.05) is 23.0 Å². The maximum atomic E-state index is 7.58. The molecule has 134 valence electrons. The molecule has 1 saturated heterocycles. The zero-order chi connectivity index (χ0) is 19.5. The number of terminal acetylenes is 1. The quantitative estimate of drug-likeness (QED) is 0.689. The van der Waals surface area contributed by atoms with Crippen molar-refractivity contribution < 1.29 is 18.3 Å². The van der Waals surface area contributed by atoms with Crippen LogP contribution in [0.5, 0.6) is 0 Å². The Morgan fingerprint density at radius 1 is 1.56 bits per heavy atom. The standard InChI is InChI=1S/C17H16Cl2N2O3.ClH/c1-2-7-22-9-14-10-23-17(24-14,11-21-6-5-20-12-21)15-4-3-13(18)8-16(15)19;/h1,3-6,8,12,14H,7,9-11H2;1H/t14-,17-;/m0./s1/i1D,7D2;. The van der Waals surface area contributed by atoms with Crippen molar-refractivity contribution in [3.8, 4) is 12.3 Å². The van der Waals surface area contributed by atoms with Crippen molar-refractivity contribution in [3.63, 3.8) is 0 Å². The Balaban J connectivity index is 0.00000280. The van der Waals surface area contributed by atoms with E-state index in [0.717, 1.165) is 0 Å². The predicted octanol–water partition coefficient (Wildman–Crippen LogP) is 3.53. The molecule has 0 unspecified atom stereocenters. The third kappa shape index (κ3) is 4.68. The molecule has 1 aromatic carbocycles. The molecular weight excluding hydrogens is 387 g/mol. The van der Waals surface area contributed by atoms with Crippen LogP contribution < -0.4 is 0 Å². The Kier molecular flexibility index (Phi) is 5.68. The lowest BCUT2D eigenvalue weighted by atomic mass is 10.1. The molecule has 1 aromatic heterocycles. The lowest BCUT2D eigenvalue weighted by molar-refractivity contribution is -0.191. The molecule has 2 heterocycles. The maximum Gasteiger partial charge on any atom is 0.215 e. The van der Waals surface area contributed by atoms with Crippen molar-refractivity contribution in [3.05, 3.63) is 52.5 Å². The molecule has 2 atom stereocenters. The van der Waals surface area contributed by atoms with Crippen molar-refractivity contribution >= 4 is 35.6 Å². The first-order valence-corrected chi connectivity index (χ1v) is 7.90. The van der Waals surface area contributed by atoms with Gasteiger partial charge in [-0.3, -0.25) is 0 Å². The largest absolute Gasteiger partial charge is 0.366 e. The number of halogens is 3. The first-order chi connectivity index (χ1) is 12.8. The summed E-state index contributed by atoms with van der Waals surface area (Å²) in [5.74, 6) is 0.829. The van der Waals surface area contributed by atoms with Gasteiger partial charge in [0.25, 0.3) is 0 Å². The molecule has 2 aromatic rings. The number of ether oxygens (including phenoxy) is 3. The number of benzene rings is 1. The zero-order valence-corrected chi connectivity index (χ0v) is 15.3. The summed E-state index contributed by atoms with van der Waals surface area (Å²) in [6, 6.07) is 5.03. The summed E-state index contributed by atoms with van der Waals surface area (Å²) in [5, 5.41) is 0.876. The number of rotatable bonds is 6. The topological polar surface area (TPSA) is 45.5 Å². The van der Waals surface area contributed by atoms with Gasteiger partial charge in [-0.25, -0.2) is 4.98 Å². The van der Waals surface area contributed by atoms with Gasteiger partial charge in [-0.05, 0) is 12.1 Å². The average molecular weight is 407 g/mol. The van der Waals surface area contributed by atoms with Crippen LogP contribution in [0.1, 0.15) is 9.68 Å². The molecule has 0 bridgehead atoms. The molecule has 1 aliphatic heterocycles. The minimum Gasteiger partial charge on any atom is -0.366 e. The van der Waals surface area contributed by atoms with Crippen molar-refractivity contribution in [2.45, 2.75) is 18.4 Å². The lowest BCUT2D eigenvalue weighted by Gasteiger charge is -2.29. The SMILES string of the molecule is Cl.[2H]C#CC([2H])([2H])OC[C@H]1CO[C@](Cn2ccnc2)(c2ccc(Cl)cc2Cl)O1. The summed E-state index contributed by atoms with van der Waals surface area (Å²) >= 11 is 12.4. The number of aromatic nitrogens is 2. The third-order valence-corrected chi connectivity index (χ3v) is 4.09. The maximum absolute atomic E-state index is 7.58. The lowest BCUT2D eigenvalue weighted by Crippen LogP contribution is -2.34. The Labute approximate surface area is 166 Å². The van der Waals surface area contributed by atoms with E-state index in [1.807, 2.05) is 5.92 Å². The van der Waals surface area contributed by atoms with Crippen LogP contribution in [0.15, 0.2) is 36.9 Å². The van der Waals surface area contributed by atoms with Crippen LogP contribution in [-0.2, 0) is 26.5 Å². The minimum atomic E-state index is -2.24. The van der Waals surface area contributed by atoms with Crippen LogP contribution in [0.4, 0.5) is 0 Å². The van der Waals surface area contributed by atoms with Crippen LogP contribution >= 0.6 is 35.6 Å². The number of hydrogen-bond acceptors (Lipinski definition) is 4. The molecule has 0 radical (unpaired) electrons. The molecule has 0 N–H and O–H groups in total. The number of nitrogens with zero attached hydrogens (tertiary/aromatic N) is 2. The van der Waals surface area contributed by atoms with E-state index in [9.17, 15) is 0 Å². The van der Waals surface area contributed by atoms with E-state index in [0.29, 0.717) is 15.6 Å². The molecule has 0 amide bonds. The van der Waals surface area contributed by atoms with Crippen LogP contribution in [0.2, 0.25) is 10.0 Å². The van der Waals surface area contributed by atoms with Gasteiger partial charge in [-0.2, -0.15) is 0 Å². The highest BCUT2D eigenvalue weighted by atomic mass is 35.5. The predicted molar refractivity (Wildman–Crippen MR) is 98.1 cm³/mol. The van der Waals surface area contributed by atoms with Crippen LogP contribution in [-0.4, -0.2) is 35.4 Å². The molecule has 0 spiro atoms. The van der Waals surface area contributed by atoms with Gasteiger partial charge >= 0.3 is 0 Å². The Morgan fingerprint density at radius 3 is 3.16 bits per heavy atom. The molecule has 8 heteroatoms. The minimum absolute atomic E-state index is 0. The first-order valence-electron chi connectivity index (χ1n) is 8.64. The van der Waals surface area contributed by atoms with E-state index < -0.39 is 18.5 Å². The molecule has 25 heavy (non-hydrogen) atoms. The molecule has 5 nitrogen and oxygen atoms in total. The normalized spacial score (nSPS) is 24.4. The van der Waals surface area contributed by atoms with Gasteiger partial charge in [-0.15, -0.1) is 18.8 Å². The number of hydrogen-bond donors (Lipinski definition) is 0. The highest BCUT2D eigenvalue weighted by molar-refractivity contribution is 6.35. The summed E-state index contributed by atoms with van der Waals surface area (Å²) < 4.78 is 41.0. The summed E-state index contributed by atoms with van der Waals surface area (Å²) in [7, 11) is 0. The Bertz CT molecular complexity index is 858. The smallest absolute Gasteiger partial charge is 0.215 e. The average Bonchev–Trinajstić information content (AvgIpc) is 3.24. The number of imidazole rings is 1. The fourth-order valence-corrected chi connectivity index (χ4v) is 3.10. The van der Waals surface area contributed by atoms with E-state index in [-0.39, 0.29) is 32.2 Å². The van der Waals surface area contributed by atoms with E-state index >= 15 is 0 Å². The molecule has 1 fully saturated rings. The third-order valence-electron chi connectivity index (χ3n) is 3.54. The highest BCUT2D eigenvalue weighted by Crippen LogP contribution is 2.40. The second-order valence-corrected chi connectivity index (χ2v) is 6.04. The van der Waals surface area contributed by atoms with Crippen LogP contribution in [0.25, 0.3) is 0 Å². The Morgan fingerprint density at radius 2 is 2.44 bits per heavy atom. The summed E-state index contributed by atoms with van der Waals surface area (Å²) in [4.78, 5) is 4.02. The van der Waals surface area contributed by atoms with Gasteiger partial charge in [0.05, 0.1) is 33.8 Å². The van der Waals surface area contributed by atoms with Crippen LogP contribution in [0, 0.1) is 12.3 Å². The van der Waals surface area contributed by atoms with E-state index in [1.165, 1.54) is 0 Å². The molecule has 0 aliphatic carbocycles. The van der Waals surface area contributed by atoms with Gasteiger partial charge < -0.3 is 18.8 Å². The first kappa shape index (κ1) is 16.0.